The maximum atomic E-state index is 12.7. The van der Waals surface area contributed by atoms with Gasteiger partial charge in [-0.05, 0) is 25.5 Å². The lowest BCUT2D eigenvalue weighted by molar-refractivity contribution is 0.187. The lowest BCUT2D eigenvalue weighted by Crippen LogP contribution is -2.34. The maximum Gasteiger partial charge on any atom is 0.271 e. The standard InChI is InChI=1S/C26H30N8O3/c1-4-32-9-7-18(8-10-32)33-16-17(14-29-33)23-15-28-26(27)25(30-23)22-5-6-24(35)34(31-22)19-11-20(36-2)13-21(12-19)37-3/h5-6,11-16,18H,4,7-10H2,1-3H3,(H2,27,28). The second kappa shape index (κ2) is 10.4. The normalized spacial score (nSPS) is 14.6. The van der Waals surface area contributed by atoms with Crippen molar-refractivity contribution in [2.75, 3.05) is 39.6 Å². The number of likely N-dealkylation sites (tertiary alicyclic amines) is 1. The second-order valence-corrected chi connectivity index (χ2v) is 8.90. The Morgan fingerprint density at radius 2 is 1.76 bits per heavy atom. The zero-order chi connectivity index (χ0) is 25.9. The number of benzene rings is 1. The summed E-state index contributed by atoms with van der Waals surface area (Å²) in [6.07, 6.45) is 7.56. The van der Waals surface area contributed by atoms with Crippen LogP contribution in [0.3, 0.4) is 0 Å². The van der Waals surface area contributed by atoms with Gasteiger partial charge < -0.3 is 20.1 Å². The zero-order valence-corrected chi connectivity index (χ0v) is 21.2. The van der Waals surface area contributed by atoms with Crippen molar-refractivity contribution in [2.24, 2.45) is 0 Å². The number of nitrogen functional groups attached to an aromatic ring is 1. The predicted octanol–water partition coefficient (Wildman–Crippen LogP) is 2.81. The molecule has 0 aliphatic carbocycles. The quantitative estimate of drug-likeness (QED) is 0.406. The van der Waals surface area contributed by atoms with Crippen LogP contribution < -0.4 is 20.8 Å². The molecule has 0 radical (unpaired) electrons. The van der Waals surface area contributed by atoms with E-state index in [1.165, 1.54) is 10.7 Å². The van der Waals surface area contributed by atoms with Crippen molar-refractivity contribution in [1.29, 1.82) is 0 Å². The van der Waals surface area contributed by atoms with Gasteiger partial charge in [-0.1, -0.05) is 6.92 Å². The number of rotatable bonds is 7. The molecule has 5 rings (SSSR count). The number of piperidine rings is 1. The number of nitrogens with zero attached hydrogens (tertiary/aromatic N) is 7. The summed E-state index contributed by atoms with van der Waals surface area (Å²) in [6, 6.07) is 8.49. The van der Waals surface area contributed by atoms with E-state index in [1.807, 2.05) is 10.9 Å². The van der Waals surface area contributed by atoms with Crippen molar-refractivity contribution in [2.45, 2.75) is 25.8 Å². The van der Waals surface area contributed by atoms with E-state index in [0.29, 0.717) is 40.3 Å². The highest BCUT2D eigenvalue weighted by molar-refractivity contribution is 5.70. The van der Waals surface area contributed by atoms with Crippen LogP contribution in [0.1, 0.15) is 25.8 Å². The molecule has 1 aliphatic rings. The first-order valence-corrected chi connectivity index (χ1v) is 12.2. The van der Waals surface area contributed by atoms with Gasteiger partial charge in [-0.25, -0.2) is 9.97 Å². The van der Waals surface area contributed by atoms with Crippen LogP contribution in [0.5, 0.6) is 11.5 Å². The summed E-state index contributed by atoms with van der Waals surface area (Å²) in [4.78, 5) is 24.3. The van der Waals surface area contributed by atoms with Crippen LogP contribution in [-0.2, 0) is 0 Å². The molecule has 4 heterocycles. The SMILES string of the molecule is CCN1CCC(n2cc(-c3cnc(N)c(-c4ccc(=O)n(-c5cc(OC)cc(OC)c5)n4)n3)cn2)CC1. The van der Waals surface area contributed by atoms with Gasteiger partial charge in [-0.3, -0.25) is 9.48 Å². The average molecular weight is 503 g/mol. The Morgan fingerprint density at radius 3 is 2.43 bits per heavy atom. The summed E-state index contributed by atoms with van der Waals surface area (Å²) >= 11 is 0. The molecule has 192 valence electrons. The second-order valence-electron chi connectivity index (χ2n) is 8.90. The van der Waals surface area contributed by atoms with Crippen molar-refractivity contribution in [3.05, 3.63) is 59.3 Å². The minimum atomic E-state index is -0.322. The number of ether oxygens (including phenoxy) is 2. The summed E-state index contributed by atoms with van der Waals surface area (Å²) in [7, 11) is 3.09. The van der Waals surface area contributed by atoms with Gasteiger partial charge in [0.25, 0.3) is 5.56 Å². The van der Waals surface area contributed by atoms with Crippen LogP contribution in [0.2, 0.25) is 0 Å². The molecule has 1 saturated heterocycles. The maximum absolute atomic E-state index is 12.7. The molecule has 0 atom stereocenters. The van der Waals surface area contributed by atoms with Gasteiger partial charge in [0.05, 0.1) is 44.0 Å². The first-order chi connectivity index (χ1) is 18.0. The number of methoxy groups -OCH3 is 2. The highest BCUT2D eigenvalue weighted by Gasteiger charge is 2.21. The number of aromatic nitrogens is 6. The molecule has 1 fully saturated rings. The van der Waals surface area contributed by atoms with E-state index in [1.54, 1.807) is 50.9 Å². The fraction of sp³-hybridized carbons (Fsp3) is 0.346. The van der Waals surface area contributed by atoms with E-state index in [0.717, 1.165) is 38.0 Å². The third-order valence-corrected chi connectivity index (χ3v) is 6.70. The lowest BCUT2D eigenvalue weighted by atomic mass is 10.1. The molecule has 0 unspecified atom stereocenters. The highest BCUT2D eigenvalue weighted by atomic mass is 16.5. The molecule has 11 nitrogen and oxygen atoms in total. The van der Waals surface area contributed by atoms with Crippen molar-refractivity contribution in [1.82, 2.24) is 34.4 Å². The summed E-state index contributed by atoms with van der Waals surface area (Å²) in [5, 5.41) is 9.14. The zero-order valence-electron chi connectivity index (χ0n) is 21.2. The van der Waals surface area contributed by atoms with E-state index in [-0.39, 0.29) is 11.4 Å². The molecule has 0 bridgehead atoms. The molecule has 11 heteroatoms. The Hall–Kier alpha value is -4.25. The molecule has 4 aromatic rings. The van der Waals surface area contributed by atoms with Crippen molar-refractivity contribution in [3.63, 3.8) is 0 Å². The largest absolute Gasteiger partial charge is 0.497 e. The van der Waals surface area contributed by atoms with Gasteiger partial charge in [-0.15, -0.1) is 0 Å². The molecular formula is C26H30N8O3. The molecule has 37 heavy (non-hydrogen) atoms. The van der Waals surface area contributed by atoms with Gasteiger partial charge in [0, 0.05) is 49.1 Å². The fourth-order valence-corrected chi connectivity index (χ4v) is 4.53. The molecule has 0 saturated carbocycles. The predicted molar refractivity (Wildman–Crippen MR) is 140 cm³/mol. The van der Waals surface area contributed by atoms with Crippen LogP contribution in [0.4, 0.5) is 5.82 Å². The lowest BCUT2D eigenvalue weighted by Gasteiger charge is -2.31. The number of anilines is 1. The molecule has 3 aromatic heterocycles. The van der Waals surface area contributed by atoms with Crippen LogP contribution in [0.15, 0.2) is 53.7 Å². The molecule has 1 aromatic carbocycles. The van der Waals surface area contributed by atoms with E-state index >= 15 is 0 Å². The Kier molecular flexibility index (Phi) is 6.87. The minimum absolute atomic E-state index is 0.212. The van der Waals surface area contributed by atoms with Gasteiger partial charge in [-0.2, -0.15) is 14.9 Å². The van der Waals surface area contributed by atoms with Crippen LogP contribution in [-0.4, -0.2) is 68.3 Å². The summed E-state index contributed by atoms with van der Waals surface area (Å²) in [6.45, 7) is 5.41. The van der Waals surface area contributed by atoms with Crippen molar-refractivity contribution >= 4 is 5.82 Å². The van der Waals surface area contributed by atoms with Gasteiger partial charge in [0.1, 0.15) is 22.9 Å². The number of hydrogen-bond acceptors (Lipinski definition) is 9. The molecule has 2 N–H and O–H groups in total. The number of nitrogens with two attached hydrogens (primary N) is 1. The molecule has 1 aliphatic heterocycles. The molecule has 0 amide bonds. The Bertz CT molecular complexity index is 1430. The Labute approximate surface area is 214 Å². The molecular weight excluding hydrogens is 472 g/mol. The van der Waals surface area contributed by atoms with Crippen LogP contribution in [0.25, 0.3) is 28.3 Å². The van der Waals surface area contributed by atoms with Crippen molar-refractivity contribution < 1.29 is 9.47 Å². The van der Waals surface area contributed by atoms with E-state index in [2.05, 4.69) is 27.0 Å². The average Bonchev–Trinajstić information content (AvgIpc) is 3.44. The third-order valence-electron chi connectivity index (χ3n) is 6.70. The molecule has 0 spiro atoms. The van der Waals surface area contributed by atoms with Gasteiger partial charge in [0.2, 0.25) is 0 Å². The highest BCUT2D eigenvalue weighted by Crippen LogP contribution is 2.28. The van der Waals surface area contributed by atoms with E-state index in [4.69, 9.17) is 20.2 Å². The Morgan fingerprint density at radius 1 is 1.03 bits per heavy atom. The van der Waals surface area contributed by atoms with Crippen molar-refractivity contribution in [3.8, 4) is 39.8 Å². The summed E-state index contributed by atoms with van der Waals surface area (Å²) < 4.78 is 14.0. The van der Waals surface area contributed by atoms with E-state index in [9.17, 15) is 4.79 Å². The third kappa shape index (κ3) is 5.03. The van der Waals surface area contributed by atoms with E-state index < -0.39 is 0 Å². The van der Waals surface area contributed by atoms with Gasteiger partial charge >= 0.3 is 0 Å². The summed E-state index contributed by atoms with van der Waals surface area (Å²) in [5.74, 6) is 1.28. The first kappa shape index (κ1) is 24.4. The minimum Gasteiger partial charge on any atom is -0.497 e. The van der Waals surface area contributed by atoms with Crippen LogP contribution in [0, 0.1) is 0 Å². The fourth-order valence-electron chi connectivity index (χ4n) is 4.53. The number of hydrogen-bond donors (Lipinski definition) is 1. The first-order valence-electron chi connectivity index (χ1n) is 12.2. The monoisotopic (exact) mass is 502 g/mol. The van der Waals surface area contributed by atoms with Crippen LogP contribution >= 0.6 is 0 Å². The Balaban J connectivity index is 1.47. The summed E-state index contributed by atoms with van der Waals surface area (Å²) in [5.41, 5.74) is 8.63. The topological polar surface area (TPSA) is 126 Å². The smallest absolute Gasteiger partial charge is 0.271 e. The van der Waals surface area contributed by atoms with Gasteiger partial charge in [0.15, 0.2) is 5.82 Å².